The van der Waals surface area contributed by atoms with Gasteiger partial charge in [0, 0.05) is 12.1 Å². The second-order valence-electron chi connectivity index (χ2n) is 10.0. The molecule has 0 bridgehead atoms. The van der Waals surface area contributed by atoms with Crippen LogP contribution in [-0.4, -0.2) is 29.1 Å². The van der Waals surface area contributed by atoms with Crippen molar-refractivity contribution in [2.24, 2.45) is 0 Å². The van der Waals surface area contributed by atoms with Gasteiger partial charge < -0.3 is 8.98 Å². The van der Waals surface area contributed by atoms with E-state index in [0.717, 1.165) is 50.2 Å². The van der Waals surface area contributed by atoms with Gasteiger partial charge in [-0.05, 0) is 28.8 Å². The molecule has 8 rings (SSSR count). The first kappa shape index (κ1) is 24.6. The van der Waals surface area contributed by atoms with Gasteiger partial charge >= 0.3 is 0 Å². The molecule has 0 saturated carbocycles. The Morgan fingerprint density at radius 2 is 1.38 bits per heavy atom. The van der Waals surface area contributed by atoms with Gasteiger partial charge in [-0.3, -0.25) is 0 Å². The lowest BCUT2D eigenvalue weighted by Crippen LogP contribution is -2.03. The highest BCUT2D eigenvalue weighted by Crippen LogP contribution is 2.42. The lowest BCUT2D eigenvalue weighted by atomic mass is 9.99. The van der Waals surface area contributed by atoms with Crippen molar-refractivity contribution in [3.05, 3.63) is 133 Å². The molecule has 0 saturated heterocycles. The van der Waals surface area contributed by atoms with Gasteiger partial charge in [0.25, 0.3) is 5.22 Å². The summed E-state index contributed by atoms with van der Waals surface area (Å²) in [6, 6.07) is 39.3. The third-order valence-corrected chi connectivity index (χ3v) is 8.14. The van der Waals surface area contributed by atoms with Gasteiger partial charge in [-0.15, -0.1) is 5.10 Å². The van der Waals surface area contributed by atoms with E-state index < -0.39 is 0 Å². The summed E-state index contributed by atoms with van der Waals surface area (Å²) in [7, 11) is 0. The van der Waals surface area contributed by atoms with Crippen LogP contribution >= 0.6 is 11.8 Å². The minimum Gasteiger partial charge on any atom is -0.431 e. The molecule has 0 radical (unpaired) electrons. The zero-order valence-electron chi connectivity index (χ0n) is 22.5. The predicted octanol–water partition coefficient (Wildman–Crippen LogP) is 7.89. The Bertz CT molecular complexity index is 2140. The van der Waals surface area contributed by atoms with Gasteiger partial charge in [-0.25, -0.2) is 19.5 Å². The molecule has 7 nitrogen and oxygen atoms in total. The standard InChI is InChI=1S/C34H24N6OS/c1-4-12-23(13-5-1)20-39-31(25-16-8-3-9-17-25)29(24-14-6-2-7-15-24)30-32(39)35-22-40-33(30)37-28(38-40)21-42-34-36-26-18-10-11-19-27(26)41-34/h1-19,22H,20-21H2. The number of fused-ring (bicyclic) bond motifs is 4. The number of hydrogen-bond acceptors (Lipinski definition) is 6. The molecular formula is C34H24N6OS. The Balaban J connectivity index is 1.32. The Hall–Kier alpha value is -5.21. The molecule has 4 heterocycles. The summed E-state index contributed by atoms with van der Waals surface area (Å²) in [5.41, 5.74) is 8.88. The maximum absolute atomic E-state index is 5.91. The van der Waals surface area contributed by atoms with Gasteiger partial charge in [0.2, 0.25) is 0 Å². The van der Waals surface area contributed by atoms with E-state index in [4.69, 9.17) is 19.5 Å². The number of para-hydroxylation sites is 2. The van der Waals surface area contributed by atoms with E-state index in [0.29, 0.717) is 23.3 Å². The Morgan fingerprint density at radius 1 is 0.690 bits per heavy atom. The smallest absolute Gasteiger partial charge is 0.257 e. The van der Waals surface area contributed by atoms with E-state index in [1.807, 2.05) is 42.5 Å². The van der Waals surface area contributed by atoms with Gasteiger partial charge in [-0.2, -0.15) is 0 Å². The van der Waals surface area contributed by atoms with E-state index >= 15 is 0 Å². The Morgan fingerprint density at radius 3 is 2.14 bits per heavy atom. The average molecular weight is 565 g/mol. The summed E-state index contributed by atoms with van der Waals surface area (Å²) in [6.07, 6.45) is 1.77. The first-order valence-corrected chi connectivity index (χ1v) is 14.7. The summed E-state index contributed by atoms with van der Waals surface area (Å²) >= 11 is 1.49. The topological polar surface area (TPSA) is 74.0 Å². The van der Waals surface area contributed by atoms with Gasteiger partial charge in [0.05, 0.1) is 16.8 Å². The molecule has 0 atom stereocenters. The van der Waals surface area contributed by atoms with E-state index in [9.17, 15) is 0 Å². The van der Waals surface area contributed by atoms with Gasteiger partial charge in [0.1, 0.15) is 17.5 Å². The second kappa shape index (κ2) is 10.3. The maximum Gasteiger partial charge on any atom is 0.257 e. The molecule has 0 spiro atoms. The summed E-state index contributed by atoms with van der Waals surface area (Å²) in [5.74, 6) is 1.21. The fourth-order valence-corrected chi connectivity index (χ4v) is 6.17. The zero-order chi connectivity index (χ0) is 27.9. The molecule has 0 N–H and O–H groups in total. The van der Waals surface area contributed by atoms with Crippen molar-refractivity contribution < 1.29 is 4.42 Å². The van der Waals surface area contributed by atoms with Crippen molar-refractivity contribution in [3.8, 4) is 22.4 Å². The number of thioether (sulfide) groups is 1. The third-order valence-electron chi connectivity index (χ3n) is 7.32. The predicted molar refractivity (Wildman–Crippen MR) is 166 cm³/mol. The van der Waals surface area contributed by atoms with Crippen molar-refractivity contribution >= 4 is 39.5 Å². The largest absolute Gasteiger partial charge is 0.431 e. The van der Waals surface area contributed by atoms with Crippen molar-refractivity contribution in [1.29, 1.82) is 0 Å². The van der Waals surface area contributed by atoms with Crippen LogP contribution in [0, 0.1) is 0 Å². The fraction of sp³-hybridized carbons (Fsp3) is 0.0588. The third kappa shape index (κ3) is 4.33. The van der Waals surface area contributed by atoms with Crippen LogP contribution in [-0.2, 0) is 12.3 Å². The SMILES string of the molecule is c1ccc(Cn2c(-c3ccccc3)c(-c3ccccc3)c3c2ncn2nc(CSc4nc5ccccc5o4)nc32)cc1. The van der Waals surface area contributed by atoms with Crippen LogP contribution in [0.2, 0.25) is 0 Å². The molecule has 0 unspecified atom stereocenters. The summed E-state index contributed by atoms with van der Waals surface area (Å²) in [6.45, 7) is 0.673. The van der Waals surface area contributed by atoms with Gasteiger partial charge in [-0.1, -0.05) is 115 Å². The molecular weight excluding hydrogens is 540 g/mol. The molecule has 202 valence electrons. The number of rotatable bonds is 7. The highest BCUT2D eigenvalue weighted by Gasteiger charge is 2.25. The van der Waals surface area contributed by atoms with Crippen molar-refractivity contribution in [2.75, 3.05) is 0 Å². The van der Waals surface area contributed by atoms with Crippen LogP contribution in [0.25, 0.3) is 50.2 Å². The summed E-state index contributed by atoms with van der Waals surface area (Å²) in [5, 5.41) is 6.38. The van der Waals surface area contributed by atoms with Crippen LogP contribution in [0.5, 0.6) is 0 Å². The van der Waals surface area contributed by atoms with E-state index in [1.165, 1.54) is 17.3 Å². The lowest BCUT2D eigenvalue weighted by Gasteiger charge is -2.13. The number of benzene rings is 4. The van der Waals surface area contributed by atoms with E-state index in [-0.39, 0.29) is 0 Å². The Kier molecular flexibility index (Phi) is 6.04. The van der Waals surface area contributed by atoms with Crippen LogP contribution in [0.1, 0.15) is 11.4 Å². The monoisotopic (exact) mass is 564 g/mol. The molecule has 0 aliphatic carbocycles. The summed E-state index contributed by atoms with van der Waals surface area (Å²) in [4.78, 5) is 14.6. The molecule has 0 aliphatic heterocycles. The average Bonchev–Trinajstić information content (AvgIpc) is 3.75. The Labute approximate surface area is 245 Å². The molecule has 0 fully saturated rings. The molecule has 8 aromatic rings. The molecule has 0 amide bonds. The molecule has 4 aromatic carbocycles. The van der Waals surface area contributed by atoms with E-state index in [2.05, 4.69) is 82.3 Å². The first-order chi connectivity index (χ1) is 20.8. The van der Waals surface area contributed by atoms with Gasteiger partial charge in [0.15, 0.2) is 17.1 Å². The number of oxazole rings is 1. The second-order valence-corrected chi connectivity index (χ2v) is 10.9. The first-order valence-electron chi connectivity index (χ1n) is 13.7. The lowest BCUT2D eigenvalue weighted by molar-refractivity contribution is 0.489. The molecule has 4 aromatic heterocycles. The van der Waals surface area contributed by atoms with Crippen molar-refractivity contribution in [2.45, 2.75) is 17.5 Å². The number of nitrogens with zero attached hydrogens (tertiary/aromatic N) is 6. The molecule has 0 aliphatic rings. The van der Waals surface area contributed by atoms with Crippen molar-refractivity contribution in [3.63, 3.8) is 0 Å². The maximum atomic E-state index is 5.91. The minimum atomic E-state index is 0.521. The van der Waals surface area contributed by atoms with Crippen LogP contribution in [0.15, 0.2) is 131 Å². The quantitative estimate of drug-likeness (QED) is 0.183. The van der Waals surface area contributed by atoms with Crippen LogP contribution < -0.4 is 0 Å². The highest BCUT2D eigenvalue weighted by molar-refractivity contribution is 7.98. The highest BCUT2D eigenvalue weighted by atomic mass is 32.2. The molecule has 42 heavy (non-hydrogen) atoms. The summed E-state index contributed by atoms with van der Waals surface area (Å²) < 4.78 is 10.0. The normalized spacial score (nSPS) is 11.6. The van der Waals surface area contributed by atoms with Crippen molar-refractivity contribution in [1.82, 2.24) is 29.1 Å². The number of aromatic nitrogens is 6. The zero-order valence-corrected chi connectivity index (χ0v) is 23.3. The van der Waals surface area contributed by atoms with Crippen LogP contribution in [0.3, 0.4) is 0 Å². The minimum absolute atomic E-state index is 0.521. The number of hydrogen-bond donors (Lipinski definition) is 0. The fourth-order valence-electron chi connectivity index (χ4n) is 5.48. The van der Waals surface area contributed by atoms with Crippen LogP contribution in [0.4, 0.5) is 0 Å². The molecule has 8 heteroatoms. The van der Waals surface area contributed by atoms with E-state index in [1.54, 1.807) is 10.8 Å².